The van der Waals surface area contributed by atoms with Crippen LogP contribution in [0, 0.1) is 0 Å². The molecule has 0 spiro atoms. The summed E-state index contributed by atoms with van der Waals surface area (Å²) in [5.41, 5.74) is 2.35. The van der Waals surface area contributed by atoms with Crippen molar-refractivity contribution in [2.75, 3.05) is 38.3 Å². The summed E-state index contributed by atoms with van der Waals surface area (Å²) in [6.45, 7) is 4.32. The second-order valence-corrected chi connectivity index (χ2v) is 5.42. The summed E-state index contributed by atoms with van der Waals surface area (Å²) in [6.07, 6.45) is 3.04. The number of anilines is 1. The zero-order valence-corrected chi connectivity index (χ0v) is 11.9. The van der Waals surface area contributed by atoms with E-state index in [1.54, 1.807) is 0 Å². The smallest absolute Gasteiger partial charge is 0.0523 e. The van der Waals surface area contributed by atoms with Crippen LogP contribution in [0.4, 0.5) is 5.69 Å². The fourth-order valence-corrected chi connectivity index (χ4v) is 2.37. The predicted molar refractivity (Wildman–Crippen MR) is 77.7 cm³/mol. The van der Waals surface area contributed by atoms with Crippen LogP contribution in [0.15, 0.2) is 18.3 Å². The van der Waals surface area contributed by atoms with Gasteiger partial charge in [-0.2, -0.15) is 11.8 Å². The van der Waals surface area contributed by atoms with Gasteiger partial charge in [0.1, 0.15) is 0 Å². The quantitative estimate of drug-likeness (QED) is 0.721. The van der Waals surface area contributed by atoms with Gasteiger partial charge >= 0.3 is 0 Å². The Hall–Kier alpha value is -0.740. The van der Waals surface area contributed by atoms with Gasteiger partial charge in [-0.25, -0.2) is 0 Å². The van der Waals surface area contributed by atoms with Crippen LogP contribution in [-0.2, 0) is 5.75 Å². The second-order valence-electron chi connectivity index (χ2n) is 4.32. The van der Waals surface area contributed by atoms with Gasteiger partial charge in [0.2, 0.25) is 0 Å². The molecule has 3 nitrogen and oxygen atoms in total. The normalized spacial score (nSPS) is 10.8. The van der Waals surface area contributed by atoms with Gasteiger partial charge < -0.3 is 10.2 Å². The van der Waals surface area contributed by atoms with Crippen LogP contribution >= 0.6 is 11.8 Å². The number of aromatic nitrogens is 1. The van der Waals surface area contributed by atoms with Gasteiger partial charge in [0.25, 0.3) is 0 Å². The third kappa shape index (κ3) is 6.54. The lowest BCUT2D eigenvalue weighted by Crippen LogP contribution is -2.14. The molecule has 0 atom stereocenters. The Morgan fingerprint density at radius 2 is 2.24 bits per heavy atom. The molecule has 0 unspecified atom stereocenters. The molecule has 96 valence electrons. The molecule has 1 aromatic rings. The second kappa shape index (κ2) is 8.37. The topological polar surface area (TPSA) is 28.2 Å². The maximum absolute atomic E-state index is 4.39. The Labute approximate surface area is 109 Å². The number of rotatable bonds is 8. The van der Waals surface area contributed by atoms with Gasteiger partial charge in [-0.05, 0) is 32.6 Å². The van der Waals surface area contributed by atoms with Crippen molar-refractivity contribution in [3.05, 3.63) is 24.0 Å². The van der Waals surface area contributed by atoms with Crippen molar-refractivity contribution in [3.63, 3.8) is 0 Å². The first-order valence-electron chi connectivity index (χ1n) is 6.13. The Bertz CT molecular complexity index is 315. The molecule has 1 aromatic heterocycles. The van der Waals surface area contributed by atoms with E-state index in [-0.39, 0.29) is 0 Å². The fourth-order valence-electron chi connectivity index (χ4n) is 1.36. The van der Waals surface area contributed by atoms with E-state index in [0.717, 1.165) is 36.7 Å². The molecule has 1 heterocycles. The van der Waals surface area contributed by atoms with E-state index in [9.17, 15) is 0 Å². The minimum atomic E-state index is 0.996. The van der Waals surface area contributed by atoms with Crippen molar-refractivity contribution >= 4 is 17.4 Å². The van der Waals surface area contributed by atoms with Crippen LogP contribution < -0.4 is 5.32 Å². The van der Waals surface area contributed by atoms with E-state index in [1.807, 2.05) is 24.0 Å². The monoisotopic (exact) mass is 253 g/mol. The number of hydrogen-bond acceptors (Lipinski definition) is 4. The Kier molecular flexibility index (Phi) is 7.05. The highest BCUT2D eigenvalue weighted by Gasteiger charge is 1.98. The summed E-state index contributed by atoms with van der Waals surface area (Å²) >= 11 is 1.94. The summed E-state index contributed by atoms with van der Waals surface area (Å²) in [5, 5.41) is 3.39. The molecule has 0 radical (unpaired) electrons. The van der Waals surface area contributed by atoms with Crippen LogP contribution in [0.1, 0.15) is 19.0 Å². The molecule has 17 heavy (non-hydrogen) atoms. The summed E-state index contributed by atoms with van der Waals surface area (Å²) < 4.78 is 0. The van der Waals surface area contributed by atoms with Gasteiger partial charge in [-0.1, -0.05) is 6.92 Å². The van der Waals surface area contributed by atoms with Crippen molar-refractivity contribution in [1.82, 2.24) is 9.88 Å². The average Bonchev–Trinajstić information content (AvgIpc) is 2.32. The molecule has 0 fully saturated rings. The van der Waals surface area contributed by atoms with Crippen LogP contribution in [-0.4, -0.2) is 42.8 Å². The first-order chi connectivity index (χ1) is 8.22. The third-order valence-corrected chi connectivity index (χ3v) is 3.30. The summed E-state index contributed by atoms with van der Waals surface area (Å²) in [6, 6.07) is 4.18. The number of nitrogens with zero attached hydrogens (tertiary/aromatic N) is 2. The highest BCUT2D eigenvalue weighted by atomic mass is 32.2. The number of nitrogens with one attached hydrogen (secondary N) is 1. The molecule has 0 saturated carbocycles. The first kappa shape index (κ1) is 14.3. The van der Waals surface area contributed by atoms with Gasteiger partial charge in [-0.3, -0.25) is 4.98 Å². The maximum Gasteiger partial charge on any atom is 0.0523 e. The van der Waals surface area contributed by atoms with Crippen molar-refractivity contribution in [2.45, 2.75) is 19.1 Å². The predicted octanol–water partition coefficient (Wildman–Crippen LogP) is 2.70. The van der Waals surface area contributed by atoms with Crippen molar-refractivity contribution < 1.29 is 0 Å². The third-order valence-electron chi connectivity index (χ3n) is 2.33. The molecule has 0 bridgehead atoms. The van der Waals surface area contributed by atoms with Gasteiger partial charge in [0.05, 0.1) is 5.69 Å². The summed E-state index contributed by atoms with van der Waals surface area (Å²) in [7, 11) is 4.21. The first-order valence-corrected chi connectivity index (χ1v) is 7.29. The number of pyridine rings is 1. The van der Waals surface area contributed by atoms with Gasteiger partial charge in [0.15, 0.2) is 0 Å². The lowest BCUT2D eigenvalue weighted by Gasteiger charge is -2.09. The van der Waals surface area contributed by atoms with Crippen LogP contribution in [0.2, 0.25) is 0 Å². The molecule has 0 aliphatic heterocycles. The molecular formula is C13H23N3S. The highest BCUT2D eigenvalue weighted by Crippen LogP contribution is 2.14. The van der Waals surface area contributed by atoms with E-state index in [0.29, 0.717) is 0 Å². The highest BCUT2D eigenvalue weighted by molar-refractivity contribution is 7.98. The van der Waals surface area contributed by atoms with Crippen molar-refractivity contribution in [3.8, 4) is 0 Å². The molecule has 0 aliphatic carbocycles. The number of thioether (sulfide) groups is 1. The minimum Gasteiger partial charge on any atom is -0.385 e. The van der Waals surface area contributed by atoms with Crippen molar-refractivity contribution in [1.29, 1.82) is 0 Å². The van der Waals surface area contributed by atoms with E-state index < -0.39 is 0 Å². The zero-order valence-electron chi connectivity index (χ0n) is 11.1. The van der Waals surface area contributed by atoms with Crippen LogP contribution in [0.25, 0.3) is 0 Å². The molecule has 0 aliphatic rings. The summed E-state index contributed by atoms with van der Waals surface area (Å²) in [5.74, 6) is 2.15. The molecule has 1 rings (SSSR count). The minimum absolute atomic E-state index is 0.996. The SMILES string of the molecule is CCCNc1ccnc(CSCCN(C)C)c1. The largest absolute Gasteiger partial charge is 0.385 e. The van der Waals surface area contributed by atoms with Crippen molar-refractivity contribution in [2.24, 2.45) is 0 Å². The molecular weight excluding hydrogens is 230 g/mol. The molecule has 0 amide bonds. The van der Waals surface area contributed by atoms with Gasteiger partial charge in [0, 0.05) is 36.5 Å². The van der Waals surface area contributed by atoms with Crippen LogP contribution in [0.5, 0.6) is 0 Å². The maximum atomic E-state index is 4.39. The average molecular weight is 253 g/mol. The zero-order chi connectivity index (χ0) is 12.5. The lowest BCUT2D eigenvalue weighted by atomic mass is 10.3. The molecule has 0 aromatic carbocycles. The fraction of sp³-hybridized carbons (Fsp3) is 0.615. The van der Waals surface area contributed by atoms with Gasteiger partial charge in [-0.15, -0.1) is 0 Å². The van der Waals surface area contributed by atoms with E-state index in [1.165, 1.54) is 5.69 Å². The summed E-state index contributed by atoms with van der Waals surface area (Å²) in [4.78, 5) is 6.60. The van der Waals surface area contributed by atoms with Crippen LogP contribution in [0.3, 0.4) is 0 Å². The Morgan fingerprint density at radius 1 is 1.41 bits per heavy atom. The van der Waals surface area contributed by atoms with E-state index >= 15 is 0 Å². The Balaban J connectivity index is 2.32. The standard InChI is InChI=1S/C13H23N3S/c1-4-6-14-12-5-7-15-13(10-12)11-17-9-8-16(2)3/h5,7,10H,4,6,8-9,11H2,1-3H3,(H,14,15). The molecule has 1 N–H and O–H groups in total. The molecule has 0 saturated heterocycles. The Morgan fingerprint density at radius 3 is 2.94 bits per heavy atom. The lowest BCUT2D eigenvalue weighted by molar-refractivity contribution is 0.437. The molecule has 4 heteroatoms. The number of hydrogen-bond donors (Lipinski definition) is 1. The van der Waals surface area contributed by atoms with E-state index in [4.69, 9.17) is 0 Å². The van der Waals surface area contributed by atoms with E-state index in [2.05, 4.69) is 42.3 Å².